The smallest absolute Gasteiger partial charge is 0.255 e. The van der Waals surface area contributed by atoms with Crippen molar-refractivity contribution in [2.75, 3.05) is 11.0 Å². The SMILES string of the molecule is CSc1ccc(NS(=O)(=O)C=Cc2ccc(Cl)cc2)cc1. The van der Waals surface area contributed by atoms with Crippen LogP contribution in [0.25, 0.3) is 6.08 Å². The molecular formula is C15H14ClNO2S2. The Kier molecular flexibility index (Phi) is 5.33. The number of nitrogens with one attached hydrogen (secondary N) is 1. The van der Waals surface area contributed by atoms with E-state index in [2.05, 4.69) is 4.72 Å². The van der Waals surface area contributed by atoms with Crippen LogP contribution in [0.2, 0.25) is 5.02 Å². The molecule has 0 aliphatic carbocycles. The number of halogens is 1. The molecule has 0 bridgehead atoms. The van der Waals surface area contributed by atoms with Crippen LogP contribution in [0, 0.1) is 0 Å². The molecule has 0 unspecified atom stereocenters. The first kappa shape index (κ1) is 15.9. The summed E-state index contributed by atoms with van der Waals surface area (Å²) in [5.74, 6) is 0. The number of benzene rings is 2. The molecular weight excluding hydrogens is 326 g/mol. The van der Waals surface area contributed by atoms with Gasteiger partial charge in [-0.1, -0.05) is 23.7 Å². The molecule has 0 heterocycles. The maximum absolute atomic E-state index is 12.0. The van der Waals surface area contributed by atoms with E-state index in [0.717, 1.165) is 15.9 Å². The molecule has 0 spiro atoms. The lowest BCUT2D eigenvalue weighted by atomic mass is 10.2. The first-order valence-corrected chi connectivity index (χ1v) is 9.24. The molecule has 21 heavy (non-hydrogen) atoms. The molecule has 0 saturated carbocycles. The van der Waals surface area contributed by atoms with E-state index in [1.165, 1.54) is 6.08 Å². The number of hydrogen-bond acceptors (Lipinski definition) is 3. The summed E-state index contributed by atoms with van der Waals surface area (Å²) in [4.78, 5) is 1.08. The van der Waals surface area contributed by atoms with E-state index in [1.807, 2.05) is 18.4 Å². The van der Waals surface area contributed by atoms with Crippen molar-refractivity contribution in [1.82, 2.24) is 0 Å². The highest BCUT2D eigenvalue weighted by molar-refractivity contribution is 7.98. The van der Waals surface area contributed by atoms with Gasteiger partial charge in [0.05, 0.1) is 5.41 Å². The van der Waals surface area contributed by atoms with Gasteiger partial charge in [-0.2, -0.15) is 0 Å². The fourth-order valence-corrected chi connectivity index (χ4v) is 3.00. The summed E-state index contributed by atoms with van der Waals surface area (Å²) < 4.78 is 26.4. The summed E-state index contributed by atoms with van der Waals surface area (Å²) >= 11 is 7.38. The molecule has 0 fully saturated rings. The Bertz CT molecular complexity index is 723. The third kappa shape index (κ3) is 5.12. The Balaban J connectivity index is 2.08. The molecule has 0 saturated heterocycles. The third-order valence-electron chi connectivity index (χ3n) is 2.66. The predicted molar refractivity (Wildman–Crippen MR) is 91.3 cm³/mol. The number of thioether (sulfide) groups is 1. The molecule has 1 N–H and O–H groups in total. The summed E-state index contributed by atoms with van der Waals surface area (Å²) in [6.45, 7) is 0. The molecule has 0 aromatic heterocycles. The van der Waals surface area contributed by atoms with Crippen molar-refractivity contribution in [3.05, 3.63) is 64.5 Å². The molecule has 0 radical (unpaired) electrons. The summed E-state index contributed by atoms with van der Waals surface area (Å²) in [7, 11) is -3.53. The second-order valence-electron chi connectivity index (χ2n) is 4.23. The molecule has 2 rings (SSSR count). The fraction of sp³-hybridized carbons (Fsp3) is 0.0667. The van der Waals surface area contributed by atoms with Gasteiger partial charge in [0.25, 0.3) is 10.0 Å². The highest BCUT2D eigenvalue weighted by atomic mass is 35.5. The first-order chi connectivity index (χ1) is 9.98. The van der Waals surface area contributed by atoms with Gasteiger partial charge in [0, 0.05) is 15.6 Å². The Morgan fingerprint density at radius 2 is 1.67 bits per heavy atom. The quantitative estimate of drug-likeness (QED) is 0.817. The number of anilines is 1. The van der Waals surface area contributed by atoms with Gasteiger partial charge in [0.15, 0.2) is 0 Å². The van der Waals surface area contributed by atoms with Crippen molar-refractivity contribution in [2.45, 2.75) is 4.90 Å². The molecule has 0 aliphatic heterocycles. The van der Waals surface area contributed by atoms with Crippen LogP contribution in [0.5, 0.6) is 0 Å². The highest BCUT2D eigenvalue weighted by Crippen LogP contribution is 2.18. The maximum atomic E-state index is 12.0. The number of rotatable bonds is 5. The molecule has 3 nitrogen and oxygen atoms in total. The third-order valence-corrected chi connectivity index (χ3v) is 4.67. The normalized spacial score (nSPS) is 11.7. The summed E-state index contributed by atoms with van der Waals surface area (Å²) in [6.07, 6.45) is 3.49. The van der Waals surface area contributed by atoms with E-state index in [4.69, 9.17) is 11.6 Å². The predicted octanol–water partition coefficient (Wildman–Crippen LogP) is 4.47. The summed E-state index contributed by atoms with van der Waals surface area (Å²) in [6, 6.07) is 14.1. The van der Waals surface area contributed by atoms with Crippen LogP contribution in [-0.4, -0.2) is 14.7 Å². The molecule has 110 valence electrons. The monoisotopic (exact) mass is 339 g/mol. The van der Waals surface area contributed by atoms with Gasteiger partial charge in [-0.3, -0.25) is 4.72 Å². The molecule has 0 amide bonds. The largest absolute Gasteiger partial charge is 0.280 e. The molecule has 0 atom stereocenters. The minimum atomic E-state index is -3.53. The highest BCUT2D eigenvalue weighted by Gasteiger charge is 2.05. The van der Waals surface area contributed by atoms with Gasteiger partial charge < -0.3 is 0 Å². The van der Waals surface area contributed by atoms with Crippen LogP contribution in [-0.2, 0) is 10.0 Å². The average Bonchev–Trinajstić information content (AvgIpc) is 2.47. The van der Waals surface area contributed by atoms with E-state index < -0.39 is 10.0 Å². The van der Waals surface area contributed by atoms with Crippen molar-refractivity contribution in [3.63, 3.8) is 0 Å². The van der Waals surface area contributed by atoms with Gasteiger partial charge in [-0.05, 0) is 54.3 Å². The molecule has 2 aromatic carbocycles. The molecule has 0 aliphatic rings. The van der Waals surface area contributed by atoms with Crippen molar-refractivity contribution in [2.24, 2.45) is 0 Å². The van der Waals surface area contributed by atoms with E-state index in [0.29, 0.717) is 10.7 Å². The maximum Gasteiger partial charge on any atom is 0.255 e. The van der Waals surface area contributed by atoms with Crippen LogP contribution in [0.3, 0.4) is 0 Å². The van der Waals surface area contributed by atoms with Crippen LogP contribution in [0.4, 0.5) is 5.69 Å². The Morgan fingerprint density at radius 3 is 2.24 bits per heavy atom. The minimum Gasteiger partial charge on any atom is -0.280 e. The minimum absolute atomic E-state index is 0.536. The van der Waals surface area contributed by atoms with Gasteiger partial charge in [-0.15, -0.1) is 11.8 Å². The van der Waals surface area contributed by atoms with Gasteiger partial charge >= 0.3 is 0 Å². The average molecular weight is 340 g/mol. The summed E-state index contributed by atoms with van der Waals surface area (Å²) in [5, 5.41) is 1.75. The van der Waals surface area contributed by atoms with Crippen LogP contribution in [0.15, 0.2) is 58.8 Å². The zero-order chi connectivity index (χ0) is 15.3. The lowest BCUT2D eigenvalue weighted by Crippen LogP contribution is -2.08. The van der Waals surface area contributed by atoms with Gasteiger partial charge in [0.1, 0.15) is 0 Å². The van der Waals surface area contributed by atoms with E-state index in [-0.39, 0.29) is 0 Å². The van der Waals surface area contributed by atoms with Crippen molar-refractivity contribution >= 4 is 45.1 Å². The van der Waals surface area contributed by atoms with Gasteiger partial charge in [-0.25, -0.2) is 8.42 Å². The number of sulfonamides is 1. The fourth-order valence-electron chi connectivity index (χ4n) is 1.60. The van der Waals surface area contributed by atoms with Gasteiger partial charge in [0.2, 0.25) is 0 Å². The molecule has 6 heteroatoms. The zero-order valence-corrected chi connectivity index (χ0v) is 13.7. The van der Waals surface area contributed by atoms with Crippen LogP contribution in [0.1, 0.15) is 5.56 Å². The van der Waals surface area contributed by atoms with Crippen LogP contribution >= 0.6 is 23.4 Å². The summed E-state index contributed by atoms with van der Waals surface area (Å²) in [5.41, 5.74) is 1.30. The van der Waals surface area contributed by atoms with E-state index in [1.54, 1.807) is 48.2 Å². The molecule has 2 aromatic rings. The topological polar surface area (TPSA) is 46.2 Å². The second-order valence-corrected chi connectivity index (χ2v) is 7.11. The van der Waals surface area contributed by atoms with E-state index >= 15 is 0 Å². The van der Waals surface area contributed by atoms with Crippen LogP contribution < -0.4 is 4.72 Å². The standard InChI is InChI=1S/C15H14ClNO2S2/c1-20-15-8-6-14(7-9-15)17-21(18,19)11-10-12-2-4-13(16)5-3-12/h2-11,17H,1H3. The Morgan fingerprint density at radius 1 is 1.05 bits per heavy atom. The van der Waals surface area contributed by atoms with Crippen molar-refractivity contribution in [1.29, 1.82) is 0 Å². The zero-order valence-electron chi connectivity index (χ0n) is 11.3. The lowest BCUT2D eigenvalue weighted by molar-refractivity contribution is 0.609. The Labute approximate surface area is 134 Å². The van der Waals surface area contributed by atoms with Crippen molar-refractivity contribution < 1.29 is 8.42 Å². The van der Waals surface area contributed by atoms with Crippen molar-refractivity contribution in [3.8, 4) is 0 Å². The van der Waals surface area contributed by atoms with E-state index in [9.17, 15) is 8.42 Å². The lowest BCUT2D eigenvalue weighted by Gasteiger charge is -2.05. The first-order valence-electron chi connectivity index (χ1n) is 6.09. The second kappa shape index (κ2) is 7.02. The number of hydrogen-bond donors (Lipinski definition) is 1. The Hall–Kier alpha value is -1.43.